The van der Waals surface area contributed by atoms with E-state index in [2.05, 4.69) is 24.5 Å². The number of anilines is 1. The Morgan fingerprint density at radius 3 is 2.43 bits per heavy atom. The number of urea groups is 1. The molecule has 0 radical (unpaired) electrons. The molecule has 1 rings (SSSR count). The van der Waals surface area contributed by atoms with Gasteiger partial charge in [0, 0.05) is 13.2 Å². The zero-order chi connectivity index (χ0) is 15.8. The second-order valence-electron chi connectivity index (χ2n) is 5.44. The Morgan fingerprint density at radius 2 is 1.90 bits per heavy atom. The maximum absolute atomic E-state index is 13.4. The SMILES string of the molecule is CC(C)CC(CCO)CNC(=O)Nc1c(F)cccc1F. The van der Waals surface area contributed by atoms with Gasteiger partial charge in [0.2, 0.25) is 0 Å². The van der Waals surface area contributed by atoms with Gasteiger partial charge in [-0.2, -0.15) is 0 Å². The van der Waals surface area contributed by atoms with E-state index >= 15 is 0 Å². The number of carbonyl (C=O) groups excluding carboxylic acids is 1. The standard InChI is InChI=1S/C15H22F2N2O2/c1-10(2)8-11(6-7-20)9-18-15(21)19-14-12(16)4-3-5-13(14)17/h3-5,10-11,20H,6-9H2,1-2H3,(H2,18,19,21). The predicted molar refractivity (Wildman–Crippen MR) is 78.0 cm³/mol. The number of nitrogens with one attached hydrogen (secondary N) is 2. The molecule has 1 unspecified atom stereocenters. The van der Waals surface area contributed by atoms with Crippen molar-refractivity contribution in [1.82, 2.24) is 5.32 Å². The molecule has 2 amide bonds. The van der Waals surface area contributed by atoms with Gasteiger partial charge in [-0.05, 0) is 36.8 Å². The van der Waals surface area contributed by atoms with Crippen molar-refractivity contribution in [1.29, 1.82) is 0 Å². The van der Waals surface area contributed by atoms with Crippen LogP contribution in [-0.2, 0) is 0 Å². The zero-order valence-corrected chi connectivity index (χ0v) is 12.3. The van der Waals surface area contributed by atoms with Crippen LogP contribution in [0, 0.1) is 23.5 Å². The van der Waals surface area contributed by atoms with Crippen LogP contribution in [0.15, 0.2) is 18.2 Å². The van der Waals surface area contributed by atoms with Crippen LogP contribution in [0.25, 0.3) is 0 Å². The van der Waals surface area contributed by atoms with E-state index in [1.54, 1.807) is 0 Å². The molecule has 0 aliphatic heterocycles. The van der Waals surface area contributed by atoms with Gasteiger partial charge in [-0.25, -0.2) is 13.6 Å². The van der Waals surface area contributed by atoms with E-state index < -0.39 is 23.4 Å². The Balaban J connectivity index is 2.53. The van der Waals surface area contributed by atoms with Crippen LogP contribution in [0.5, 0.6) is 0 Å². The Labute approximate surface area is 123 Å². The van der Waals surface area contributed by atoms with Crippen molar-refractivity contribution in [3.05, 3.63) is 29.8 Å². The van der Waals surface area contributed by atoms with E-state index in [0.29, 0.717) is 18.9 Å². The molecule has 3 N–H and O–H groups in total. The maximum atomic E-state index is 13.4. The van der Waals surface area contributed by atoms with Crippen LogP contribution in [0.4, 0.5) is 19.3 Å². The minimum Gasteiger partial charge on any atom is -0.396 e. The third kappa shape index (κ3) is 6.08. The van der Waals surface area contributed by atoms with Crippen molar-refractivity contribution in [3.8, 4) is 0 Å². The van der Waals surface area contributed by atoms with Crippen molar-refractivity contribution in [2.75, 3.05) is 18.5 Å². The van der Waals surface area contributed by atoms with Crippen LogP contribution in [0.2, 0.25) is 0 Å². The second-order valence-corrected chi connectivity index (χ2v) is 5.44. The van der Waals surface area contributed by atoms with Crippen LogP contribution in [0.1, 0.15) is 26.7 Å². The average Bonchev–Trinajstić information content (AvgIpc) is 2.40. The van der Waals surface area contributed by atoms with Crippen molar-refractivity contribution in [3.63, 3.8) is 0 Å². The molecule has 0 heterocycles. The van der Waals surface area contributed by atoms with Gasteiger partial charge in [-0.1, -0.05) is 19.9 Å². The fourth-order valence-electron chi connectivity index (χ4n) is 2.16. The molecule has 1 atom stereocenters. The van der Waals surface area contributed by atoms with E-state index in [0.717, 1.165) is 18.6 Å². The van der Waals surface area contributed by atoms with E-state index in [9.17, 15) is 13.6 Å². The van der Waals surface area contributed by atoms with Gasteiger partial charge in [-0.15, -0.1) is 0 Å². The summed E-state index contributed by atoms with van der Waals surface area (Å²) in [6.07, 6.45) is 1.43. The minimum atomic E-state index is -0.820. The third-order valence-electron chi connectivity index (χ3n) is 3.09. The van der Waals surface area contributed by atoms with E-state index in [1.165, 1.54) is 6.07 Å². The number of carbonyl (C=O) groups is 1. The lowest BCUT2D eigenvalue weighted by molar-refractivity contribution is 0.231. The van der Waals surface area contributed by atoms with Crippen molar-refractivity contribution >= 4 is 11.7 Å². The maximum Gasteiger partial charge on any atom is 0.319 e. The molecule has 0 spiro atoms. The molecule has 0 fully saturated rings. The molecule has 118 valence electrons. The first-order chi connectivity index (χ1) is 9.93. The first-order valence-electron chi connectivity index (χ1n) is 7.03. The fraction of sp³-hybridized carbons (Fsp3) is 0.533. The summed E-state index contributed by atoms with van der Waals surface area (Å²) in [4.78, 5) is 11.7. The highest BCUT2D eigenvalue weighted by Gasteiger charge is 2.14. The van der Waals surface area contributed by atoms with Gasteiger partial charge in [0.25, 0.3) is 0 Å². The first kappa shape index (κ1) is 17.4. The highest BCUT2D eigenvalue weighted by Crippen LogP contribution is 2.18. The number of para-hydroxylation sites is 1. The van der Waals surface area contributed by atoms with Gasteiger partial charge in [0.1, 0.15) is 17.3 Å². The lowest BCUT2D eigenvalue weighted by Gasteiger charge is -2.19. The summed E-state index contributed by atoms with van der Waals surface area (Å²) in [6, 6.07) is 2.72. The number of rotatable bonds is 7. The van der Waals surface area contributed by atoms with E-state index in [4.69, 9.17) is 5.11 Å². The number of hydrogen-bond acceptors (Lipinski definition) is 2. The topological polar surface area (TPSA) is 61.4 Å². The molecule has 0 aromatic heterocycles. The minimum absolute atomic E-state index is 0.0443. The Bertz CT molecular complexity index is 447. The summed E-state index contributed by atoms with van der Waals surface area (Å²) >= 11 is 0. The quantitative estimate of drug-likeness (QED) is 0.724. The lowest BCUT2D eigenvalue weighted by Crippen LogP contribution is -2.34. The number of aliphatic hydroxyl groups excluding tert-OH is 1. The Hall–Kier alpha value is -1.69. The number of amides is 2. The van der Waals surface area contributed by atoms with Crippen molar-refractivity contribution in [2.45, 2.75) is 26.7 Å². The highest BCUT2D eigenvalue weighted by molar-refractivity contribution is 5.89. The van der Waals surface area contributed by atoms with Crippen LogP contribution >= 0.6 is 0 Å². The largest absolute Gasteiger partial charge is 0.396 e. The number of halogens is 2. The lowest BCUT2D eigenvalue weighted by atomic mass is 9.94. The van der Waals surface area contributed by atoms with Crippen molar-refractivity contribution < 1.29 is 18.7 Å². The molecule has 6 heteroatoms. The zero-order valence-electron chi connectivity index (χ0n) is 12.3. The summed E-state index contributed by atoms with van der Waals surface area (Å²) in [7, 11) is 0. The Morgan fingerprint density at radius 1 is 1.29 bits per heavy atom. The molecule has 21 heavy (non-hydrogen) atoms. The molecule has 0 saturated carbocycles. The smallest absolute Gasteiger partial charge is 0.319 e. The van der Waals surface area contributed by atoms with Crippen LogP contribution < -0.4 is 10.6 Å². The van der Waals surface area contributed by atoms with Crippen LogP contribution in [0.3, 0.4) is 0 Å². The summed E-state index contributed by atoms with van der Waals surface area (Å²) in [5.74, 6) is -1.07. The second kappa shape index (κ2) is 8.56. The van der Waals surface area contributed by atoms with Crippen molar-refractivity contribution in [2.24, 2.45) is 11.8 Å². The van der Waals surface area contributed by atoms with Crippen LogP contribution in [-0.4, -0.2) is 24.3 Å². The van der Waals surface area contributed by atoms with Gasteiger partial charge >= 0.3 is 6.03 Å². The van der Waals surface area contributed by atoms with Gasteiger partial charge in [0.05, 0.1) is 0 Å². The van der Waals surface area contributed by atoms with Gasteiger partial charge < -0.3 is 15.7 Å². The highest BCUT2D eigenvalue weighted by atomic mass is 19.1. The van der Waals surface area contributed by atoms with E-state index in [1.807, 2.05) is 0 Å². The molecule has 1 aromatic rings. The summed E-state index contributed by atoms with van der Waals surface area (Å²) in [6.45, 7) is 4.50. The normalized spacial score (nSPS) is 12.3. The van der Waals surface area contributed by atoms with E-state index in [-0.39, 0.29) is 12.5 Å². The molecule has 0 aliphatic rings. The number of aliphatic hydroxyl groups is 1. The van der Waals surface area contributed by atoms with Gasteiger partial charge in [-0.3, -0.25) is 0 Å². The fourth-order valence-corrected chi connectivity index (χ4v) is 2.16. The first-order valence-corrected chi connectivity index (χ1v) is 7.03. The molecule has 0 saturated heterocycles. The molecule has 0 aliphatic carbocycles. The summed E-state index contributed by atoms with van der Waals surface area (Å²) in [5, 5.41) is 13.7. The predicted octanol–water partition coefficient (Wildman–Crippen LogP) is 3.13. The molecule has 4 nitrogen and oxygen atoms in total. The number of benzene rings is 1. The third-order valence-corrected chi connectivity index (χ3v) is 3.09. The summed E-state index contributed by atoms with van der Waals surface area (Å²) in [5.41, 5.74) is -0.461. The number of hydrogen-bond donors (Lipinski definition) is 3. The molecule has 0 bridgehead atoms. The Kier molecular flexibility index (Phi) is 7.08. The summed E-state index contributed by atoms with van der Waals surface area (Å²) < 4.78 is 26.8. The molecular weight excluding hydrogens is 278 g/mol. The average molecular weight is 300 g/mol. The molecular formula is C15H22F2N2O2. The van der Waals surface area contributed by atoms with Gasteiger partial charge in [0.15, 0.2) is 0 Å². The monoisotopic (exact) mass is 300 g/mol. The molecule has 1 aromatic carbocycles.